The van der Waals surface area contributed by atoms with Gasteiger partial charge < -0.3 is 14.8 Å². The van der Waals surface area contributed by atoms with Crippen LogP contribution in [0.3, 0.4) is 0 Å². The zero-order chi connectivity index (χ0) is 23.1. The Balaban J connectivity index is 1.82. The molecule has 3 aromatic rings. The van der Waals surface area contributed by atoms with Gasteiger partial charge in [0.05, 0.1) is 24.9 Å². The molecule has 2 amide bonds. The minimum atomic E-state index is -0.644. The van der Waals surface area contributed by atoms with E-state index >= 15 is 0 Å². The lowest BCUT2D eigenvalue weighted by Gasteiger charge is -2.11. The molecule has 1 aromatic heterocycles. The summed E-state index contributed by atoms with van der Waals surface area (Å²) >= 11 is 6.34. The first-order valence-electron chi connectivity index (χ1n) is 9.36. The quantitative estimate of drug-likeness (QED) is 0.281. The highest BCUT2D eigenvalue weighted by molar-refractivity contribution is 6.33. The predicted molar refractivity (Wildman–Crippen MR) is 121 cm³/mol. The van der Waals surface area contributed by atoms with Crippen molar-refractivity contribution in [3.8, 4) is 22.8 Å². The summed E-state index contributed by atoms with van der Waals surface area (Å²) in [5, 5.41) is 11.8. The van der Waals surface area contributed by atoms with Crippen LogP contribution in [-0.2, 0) is 4.79 Å². The van der Waals surface area contributed by atoms with E-state index in [2.05, 4.69) is 10.3 Å². The first-order chi connectivity index (χ1) is 15.4. The number of halogens is 1. The predicted octanol–water partition coefficient (Wildman–Crippen LogP) is 4.19. The second kappa shape index (κ2) is 10.4. The Bertz CT molecular complexity index is 1140. The number of methoxy groups -OCH3 is 2. The second-order valence-corrected chi connectivity index (χ2v) is 6.94. The van der Waals surface area contributed by atoms with Crippen molar-refractivity contribution in [1.29, 1.82) is 0 Å². The zero-order valence-corrected chi connectivity index (χ0v) is 18.0. The molecule has 0 spiro atoms. The largest absolute Gasteiger partial charge is 0.497 e. The third-order valence-corrected chi connectivity index (χ3v) is 4.77. The summed E-state index contributed by atoms with van der Waals surface area (Å²) in [4.78, 5) is 28.2. The van der Waals surface area contributed by atoms with Crippen LogP contribution in [0, 0.1) is 0 Å². The van der Waals surface area contributed by atoms with Crippen LogP contribution in [0.4, 0.5) is 5.69 Å². The van der Waals surface area contributed by atoms with Crippen LogP contribution >= 0.6 is 11.6 Å². The molecule has 0 radical (unpaired) electrons. The summed E-state index contributed by atoms with van der Waals surface area (Å²) in [5.41, 5.74) is 4.28. The number of pyridine rings is 1. The topological polar surface area (TPSA) is 110 Å². The van der Waals surface area contributed by atoms with E-state index in [1.807, 2.05) is 0 Å². The Morgan fingerprint density at radius 3 is 2.34 bits per heavy atom. The smallest absolute Gasteiger partial charge is 0.267 e. The minimum Gasteiger partial charge on any atom is -0.497 e. The van der Waals surface area contributed by atoms with Gasteiger partial charge in [0.25, 0.3) is 11.8 Å². The van der Waals surface area contributed by atoms with E-state index in [4.69, 9.17) is 26.3 Å². The second-order valence-electron chi connectivity index (χ2n) is 6.54. The van der Waals surface area contributed by atoms with Gasteiger partial charge in [-0.2, -0.15) is 0 Å². The highest BCUT2D eigenvalue weighted by Gasteiger charge is 2.12. The summed E-state index contributed by atoms with van der Waals surface area (Å²) in [6.07, 6.45) is 4.23. The number of nitrogens with one attached hydrogen (secondary N) is 2. The lowest BCUT2D eigenvalue weighted by molar-refractivity contribution is -0.124. The van der Waals surface area contributed by atoms with Gasteiger partial charge in [-0.15, -0.1) is 0 Å². The van der Waals surface area contributed by atoms with E-state index in [0.29, 0.717) is 44.6 Å². The highest BCUT2D eigenvalue weighted by atomic mass is 35.5. The van der Waals surface area contributed by atoms with Crippen LogP contribution in [0.5, 0.6) is 11.5 Å². The van der Waals surface area contributed by atoms with Crippen molar-refractivity contribution in [3.05, 3.63) is 77.0 Å². The number of amides is 2. The highest BCUT2D eigenvalue weighted by Crippen LogP contribution is 2.30. The first-order valence-corrected chi connectivity index (χ1v) is 9.74. The SMILES string of the molecule is COc1cc(OC)cc(C(=O)Nc2ccc(Cl)c(-c3ccc(C=CC(=O)NO)cn3)c2)c1. The Labute approximate surface area is 189 Å². The van der Waals surface area contributed by atoms with E-state index in [-0.39, 0.29) is 5.91 Å². The van der Waals surface area contributed by atoms with Crippen molar-refractivity contribution in [2.45, 2.75) is 0 Å². The molecule has 3 N–H and O–H groups in total. The molecule has 164 valence electrons. The molecule has 32 heavy (non-hydrogen) atoms. The molecule has 0 aliphatic carbocycles. The zero-order valence-electron chi connectivity index (χ0n) is 17.3. The number of carbonyl (C=O) groups excluding carboxylic acids is 2. The monoisotopic (exact) mass is 453 g/mol. The summed E-state index contributed by atoms with van der Waals surface area (Å²) in [6, 6.07) is 13.4. The van der Waals surface area contributed by atoms with Crippen LogP contribution in [0.25, 0.3) is 17.3 Å². The van der Waals surface area contributed by atoms with Crippen LogP contribution < -0.4 is 20.3 Å². The molecule has 0 bridgehead atoms. The maximum absolute atomic E-state index is 12.8. The van der Waals surface area contributed by atoms with Gasteiger partial charge in [-0.05, 0) is 48.0 Å². The maximum atomic E-state index is 12.8. The summed E-state index contributed by atoms with van der Waals surface area (Å²) in [7, 11) is 3.02. The first kappa shape index (κ1) is 22.8. The van der Waals surface area contributed by atoms with E-state index in [1.54, 1.807) is 54.7 Å². The number of nitrogens with zero attached hydrogens (tertiary/aromatic N) is 1. The van der Waals surface area contributed by atoms with E-state index in [0.717, 1.165) is 0 Å². The fourth-order valence-corrected chi connectivity index (χ4v) is 3.03. The van der Waals surface area contributed by atoms with Gasteiger partial charge in [0, 0.05) is 35.2 Å². The number of aromatic nitrogens is 1. The van der Waals surface area contributed by atoms with Gasteiger partial charge in [0.1, 0.15) is 11.5 Å². The molecule has 0 atom stereocenters. The normalized spacial score (nSPS) is 10.6. The number of hydrogen-bond donors (Lipinski definition) is 3. The lowest BCUT2D eigenvalue weighted by atomic mass is 10.1. The molecule has 0 aliphatic rings. The van der Waals surface area contributed by atoms with Gasteiger partial charge in [0.2, 0.25) is 0 Å². The Hall–Kier alpha value is -3.88. The molecule has 0 saturated heterocycles. The van der Waals surface area contributed by atoms with E-state index in [1.165, 1.54) is 31.9 Å². The number of hydrogen-bond acceptors (Lipinski definition) is 6. The average Bonchev–Trinajstić information content (AvgIpc) is 2.83. The number of benzene rings is 2. The Morgan fingerprint density at radius 1 is 1.03 bits per heavy atom. The maximum Gasteiger partial charge on any atom is 0.267 e. The summed E-state index contributed by atoms with van der Waals surface area (Å²) in [6.45, 7) is 0. The van der Waals surface area contributed by atoms with Gasteiger partial charge in [-0.3, -0.25) is 19.8 Å². The number of hydroxylamine groups is 1. The number of rotatable bonds is 7. The number of carbonyl (C=O) groups is 2. The van der Waals surface area contributed by atoms with Crippen LogP contribution in [-0.4, -0.2) is 36.2 Å². The van der Waals surface area contributed by atoms with Crippen LogP contribution in [0.1, 0.15) is 15.9 Å². The standard InChI is InChI=1S/C23H20ClN3O5/c1-31-17-9-15(10-18(12-17)32-2)23(29)26-16-5-6-20(24)19(11-16)21-7-3-14(13-25-21)4-8-22(28)27-30/h3-13,30H,1-2H3,(H,26,29)(H,27,28). The van der Waals surface area contributed by atoms with Crippen molar-refractivity contribution in [1.82, 2.24) is 10.5 Å². The molecule has 0 saturated carbocycles. The fourth-order valence-electron chi connectivity index (χ4n) is 2.81. The van der Waals surface area contributed by atoms with Crippen LogP contribution in [0.15, 0.2) is 60.8 Å². The van der Waals surface area contributed by atoms with Crippen molar-refractivity contribution in [3.63, 3.8) is 0 Å². The Kier molecular flexibility index (Phi) is 7.43. The molecule has 8 nitrogen and oxygen atoms in total. The third-order valence-electron chi connectivity index (χ3n) is 4.44. The van der Waals surface area contributed by atoms with Gasteiger partial charge >= 0.3 is 0 Å². The number of ether oxygens (including phenoxy) is 2. The molecule has 0 fully saturated rings. The van der Waals surface area contributed by atoms with Gasteiger partial charge in [-0.1, -0.05) is 17.7 Å². The molecule has 0 unspecified atom stereocenters. The van der Waals surface area contributed by atoms with Crippen molar-refractivity contribution in [2.24, 2.45) is 0 Å². The molecular formula is C23H20ClN3O5. The molecule has 9 heteroatoms. The Morgan fingerprint density at radius 2 is 1.75 bits per heavy atom. The fraction of sp³-hybridized carbons (Fsp3) is 0.0870. The molecule has 3 rings (SSSR count). The average molecular weight is 454 g/mol. The third kappa shape index (κ3) is 5.63. The van der Waals surface area contributed by atoms with Crippen LogP contribution in [0.2, 0.25) is 5.02 Å². The number of anilines is 1. The minimum absolute atomic E-state index is 0.342. The van der Waals surface area contributed by atoms with Crippen molar-refractivity contribution >= 4 is 35.2 Å². The summed E-state index contributed by atoms with van der Waals surface area (Å²) in [5.74, 6) is 0.0162. The van der Waals surface area contributed by atoms with Gasteiger partial charge in [-0.25, -0.2) is 5.48 Å². The van der Waals surface area contributed by atoms with Gasteiger partial charge in [0.15, 0.2) is 0 Å². The van der Waals surface area contributed by atoms with Crippen molar-refractivity contribution < 1.29 is 24.3 Å². The van der Waals surface area contributed by atoms with Crippen molar-refractivity contribution in [2.75, 3.05) is 19.5 Å². The van der Waals surface area contributed by atoms with E-state index in [9.17, 15) is 9.59 Å². The molecule has 1 heterocycles. The molecule has 0 aliphatic heterocycles. The molecule has 2 aromatic carbocycles. The molecular weight excluding hydrogens is 434 g/mol. The lowest BCUT2D eigenvalue weighted by Crippen LogP contribution is -2.14. The summed E-state index contributed by atoms with van der Waals surface area (Å²) < 4.78 is 10.4. The van der Waals surface area contributed by atoms with E-state index < -0.39 is 5.91 Å².